The number of aryl methyl sites for hydroxylation is 1. The molecule has 1 aromatic carbocycles. The molecule has 4 rings (SSSR count). The van der Waals surface area contributed by atoms with Gasteiger partial charge in [-0.1, -0.05) is 12.1 Å². The van der Waals surface area contributed by atoms with Crippen LogP contribution < -0.4 is 0 Å². The molecule has 0 radical (unpaired) electrons. The molecule has 3 aromatic rings. The van der Waals surface area contributed by atoms with Gasteiger partial charge in [0, 0.05) is 56.9 Å². The summed E-state index contributed by atoms with van der Waals surface area (Å²) < 4.78 is 28.0. The van der Waals surface area contributed by atoms with Crippen LogP contribution in [0, 0.1) is 5.82 Å². The molecule has 1 aliphatic rings. The molecule has 1 unspecified atom stereocenters. The lowest BCUT2D eigenvalue weighted by Crippen LogP contribution is -2.40. The Hall–Kier alpha value is -1.96. The van der Waals surface area contributed by atoms with E-state index in [-0.39, 0.29) is 11.1 Å². The van der Waals surface area contributed by atoms with Gasteiger partial charge < -0.3 is 14.0 Å². The lowest BCUT2D eigenvalue weighted by molar-refractivity contribution is 0.232. The largest absolute Gasteiger partial charge is 0.610 e. The minimum absolute atomic E-state index is 0.118. The zero-order valence-electron chi connectivity index (χ0n) is 15.3. The van der Waals surface area contributed by atoms with Crippen LogP contribution in [0.4, 0.5) is 4.39 Å². The summed E-state index contributed by atoms with van der Waals surface area (Å²) in [6, 6.07) is 8.61. The second-order valence-corrected chi connectivity index (χ2v) is 8.70. The van der Waals surface area contributed by atoms with Gasteiger partial charge in [-0.2, -0.15) is 0 Å². The molecule has 7 heteroatoms. The predicted octanol–water partition coefficient (Wildman–Crippen LogP) is 2.92. The summed E-state index contributed by atoms with van der Waals surface area (Å²) in [4.78, 5) is 11.2. The van der Waals surface area contributed by atoms with Crippen LogP contribution in [0.3, 0.4) is 0 Å². The van der Waals surface area contributed by atoms with Crippen molar-refractivity contribution in [2.45, 2.75) is 29.5 Å². The van der Waals surface area contributed by atoms with Crippen LogP contribution in [0.2, 0.25) is 0 Å². The monoisotopic (exact) mass is 386 g/mol. The smallest absolute Gasteiger partial charge is 0.272 e. The summed E-state index contributed by atoms with van der Waals surface area (Å²) in [5.41, 5.74) is 2.86. The molecule has 0 amide bonds. The first-order valence-corrected chi connectivity index (χ1v) is 10.5. The topological polar surface area (TPSA) is 57.0 Å². The first kappa shape index (κ1) is 18.4. The molecule has 1 fully saturated rings. The van der Waals surface area contributed by atoms with Crippen molar-refractivity contribution >= 4 is 22.2 Å². The Morgan fingerprint density at radius 2 is 1.89 bits per heavy atom. The van der Waals surface area contributed by atoms with Crippen molar-refractivity contribution < 1.29 is 8.94 Å². The van der Waals surface area contributed by atoms with Crippen LogP contribution in [0.25, 0.3) is 11.0 Å². The number of hydrogen-bond donors (Lipinski definition) is 0. The van der Waals surface area contributed by atoms with Crippen LogP contribution in [0.1, 0.15) is 18.4 Å². The first-order chi connectivity index (χ1) is 13.1. The number of imidazole rings is 1. The second kappa shape index (κ2) is 7.96. The van der Waals surface area contributed by atoms with E-state index in [0.29, 0.717) is 5.03 Å². The standard InChI is InChI=1S/C20H23FN4OS/c1-24-14-23-19-18(24)6-10-22-20(19)27(26)17-8-12-25(13-9-17)11-7-15-2-4-16(21)5-3-15/h2-6,10,14,17H,7-9,11-13H2,1H3. The number of aromatic nitrogens is 3. The van der Waals surface area contributed by atoms with Gasteiger partial charge in [0.1, 0.15) is 11.1 Å². The molecule has 2 aromatic heterocycles. The van der Waals surface area contributed by atoms with Gasteiger partial charge in [0.25, 0.3) is 5.03 Å². The number of fused-ring (bicyclic) bond motifs is 1. The van der Waals surface area contributed by atoms with Crippen molar-refractivity contribution in [1.82, 2.24) is 19.4 Å². The quantitative estimate of drug-likeness (QED) is 0.633. The zero-order chi connectivity index (χ0) is 18.8. The van der Waals surface area contributed by atoms with Gasteiger partial charge in [-0.3, -0.25) is 0 Å². The summed E-state index contributed by atoms with van der Waals surface area (Å²) in [7, 11) is 1.93. The Labute approximate surface area is 161 Å². The summed E-state index contributed by atoms with van der Waals surface area (Å²) in [6.07, 6.45) is 6.14. The molecule has 1 saturated heterocycles. The minimum atomic E-state index is -1.14. The molecule has 1 atom stereocenters. The van der Waals surface area contributed by atoms with E-state index in [2.05, 4.69) is 14.9 Å². The van der Waals surface area contributed by atoms with Crippen molar-refractivity contribution in [3.8, 4) is 0 Å². The lowest BCUT2D eigenvalue weighted by Gasteiger charge is -2.32. The molecule has 1 aliphatic heterocycles. The van der Waals surface area contributed by atoms with Gasteiger partial charge in [-0.15, -0.1) is 0 Å². The third kappa shape index (κ3) is 4.00. The molecular formula is C20H23FN4OS. The maximum absolute atomic E-state index is 13.1. The predicted molar refractivity (Wildman–Crippen MR) is 104 cm³/mol. The number of likely N-dealkylation sites (tertiary alicyclic amines) is 1. The van der Waals surface area contributed by atoms with E-state index in [4.69, 9.17) is 0 Å². The van der Waals surface area contributed by atoms with E-state index >= 15 is 0 Å². The maximum atomic E-state index is 13.1. The SMILES string of the molecule is Cn1cnc2c([S+]([O-])C3CCN(CCc4ccc(F)cc4)CC3)nccc21. The van der Waals surface area contributed by atoms with Gasteiger partial charge in [-0.05, 0) is 30.2 Å². The Balaban J connectivity index is 1.35. The number of piperidine rings is 1. The van der Waals surface area contributed by atoms with Gasteiger partial charge in [0.2, 0.25) is 0 Å². The number of benzene rings is 1. The van der Waals surface area contributed by atoms with Gasteiger partial charge in [0.05, 0.1) is 11.8 Å². The number of halogens is 1. The van der Waals surface area contributed by atoms with E-state index in [0.717, 1.165) is 55.5 Å². The van der Waals surface area contributed by atoms with E-state index in [1.807, 2.05) is 29.8 Å². The third-order valence-electron chi connectivity index (χ3n) is 5.27. The number of rotatable bonds is 5. The fourth-order valence-corrected chi connectivity index (χ4v) is 5.10. The molecular weight excluding hydrogens is 363 g/mol. The lowest BCUT2D eigenvalue weighted by atomic mass is 10.1. The summed E-state index contributed by atoms with van der Waals surface area (Å²) in [6.45, 7) is 2.80. The Morgan fingerprint density at radius 1 is 1.15 bits per heavy atom. The highest BCUT2D eigenvalue weighted by molar-refractivity contribution is 7.92. The highest BCUT2D eigenvalue weighted by Crippen LogP contribution is 2.27. The van der Waals surface area contributed by atoms with Crippen LogP contribution >= 0.6 is 0 Å². The van der Waals surface area contributed by atoms with Crippen molar-refractivity contribution in [2.24, 2.45) is 7.05 Å². The molecule has 0 N–H and O–H groups in total. The van der Waals surface area contributed by atoms with E-state index in [1.165, 1.54) is 12.1 Å². The highest BCUT2D eigenvalue weighted by Gasteiger charge is 2.32. The van der Waals surface area contributed by atoms with Crippen LogP contribution in [-0.2, 0) is 24.6 Å². The summed E-state index contributed by atoms with van der Waals surface area (Å²) in [5, 5.41) is 0.727. The molecule has 5 nitrogen and oxygen atoms in total. The average Bonchev–Trinajstić information content (AvgIpc) is 3.09. The minimum Gasteiger partial charge on any atom is -0.610 e. The van der Waals surface area contributed by atoms with Crippen molar-refractivity contribution in [3.63, 3.8) is 0 Å². The maximum Gasteiger partial charge on any atom is 0.272 e. The fourth-order valence-electron chi connectivity index (χ4n) is 3.63. The van der Waals surface area contributed by atoms with Crippen LogP contribution in [-0.4, -0.2) is 48.9 Å². The van der Waals surface area contributed by atoms with E-state index in [1.54, 1.807) is 12.5 Å². The Bertz CT molecular complexity index is 906. The Morgan fingerprint density at radius 3 is 2.63 bits per heavy atom. The number of nitrogens with zero attached hydrogens (tertiary/aromatic N) is 4. The van der Waals surface area contributed by atoms with Crippen molar-refractivity contribution in [2.75, 3.05) is 19.6 Å². The first-order valence-electron chi connectivity index (χ1n) is 9.25. The molecule has 142 valence electrons. The Kier molecular flexibility index (Phi) is 5.43. The average molecular weight is 386 g/mol. The summed E-state index contributed by atoms with van der Waals surface area (Å²) in [5.74, 6) is -0.196. The van der Waals surface area contributed by atoms with E-state index in [9.17, 15) is 8.94 Å². The van der Waals surface area contributed by atoms with Crippen molar-refractivity contribution in [1.29, 1.82) is 0 Å². The highest BCUT2D eigenvalue weighted by atomic mass is 32.2. The third-order valence-corrected chi connectivity index (χ3v) is 7.02. The normalized spacial score (nSPS) is 17.4. The molecule has 3 heterocycles. The van der Waals surface area contributed by atoms with E-state index < -0.39 is 11.2 Å². The zero-order valence-corrected chi connectivity index (χ0v) is 16.2. The molecule has 0 aliphatic carbocycles. The number of hydrogen-bond acceptors (Lipinski definition) is 4. The second-order valence-electron chi connectivity index (χ2n) is 7.05. The molecule has 0 spiro atoms. The van der Waals surface area contributed by atoms with Gasteiger partial charge in [0.15, 0.2) is 5.52 Å². The summed E-state index contributed by atoms with van der Waals surface area (Å²) >= 11 is -1.14. The van der Waals surface area contributed by atoms with Crippen molar-refractivity contribution in [3.05, 3.63) is 54.2 Å². The van der Waals surface area contributed by atoms with Gasteiger partial charge >= 0.3 is 0 Å². The van der Waals surface area contributed by atoms with Crippen LogP contribution in [0.15, 0.2) is 47.9 Å². The molecule has 0 bridgehead atoms. The van der Waals surface area contributed by atoms with Gasteiger partial charge in [-0.25, -0.2) is 14.4 Å². The number of pyridine rings is 1. The molecule has 0 saturated carbocycles. The fraction of sp³-hybridized carbons (Fsp3) is 0.400. The van der Waals surface area contributed by atoms with Crippen LogP contribution in [0.5, 0.6) is 0 Å². The molecule has 27 heavy (non-hydrogen) atoms.